The molecule has 0 atom stereocenters. The van der Waals surface area contributed by atoms with Crippen molar-refractivity contribution in [3.05, 3.63) is 0 Å². The molecule has 0 bridgehead atoms. The molecule has 0 aromatic rings. The van der Waals surface area contributed by atoms with Gasteiger partial charge in [0.15, 0.2) is 0 Å². The van der Waals surface area contributed by atoms with Crippen molar-refractivity contribution in [1.82, 2.24) is 0 Å². The van der Waals surface area contributed by atoms with E-state index in [2.05, 4.69) is 21.0 Å². The topological polar surface area (TPSA) is 4.44 Å². The molecule has 0 radical (unpaired) electrons. The molecule has 0 fully saturated rings. The van der Waals surface area contributed by atoms with Crippen molar-refractivity contribution < 1.29 is 21.9 Å². The molecule has 0 saturated heterocycles. The molecule has 0 aliphatic carbocycles. The normalized spacial score (nSPS) is 11.4. The highest BCUT2D eigenvalue weighted by atomic mass is 79.9. The van der Waals surface area contributed by atoms with Crippen LogP contribution in [0, 0.1) is 0 Å². The van der Waals surface area contributed by atoms with E-state index in [9.17, 15) is 0 Å². The molecule has 0 heterocycles. The Kier molecular flexibility index (Phi) is 40.0. The second kappa shape index (κ2) is 37.4. The third-order valence-electron chi connectivity index (χ3n) is 8.53. The van der Waals surface area contributed by atoms with Gasteiger partial charge in [0, 0.05) is 0 Å². The van der Waals surface area contributed by atoms with Crippen LogP contribution in [-0.4, -0.2) is 20.6 Å². The molecule has 0 aromatic carbocycles. The van der Waals surface area contributed by atoms with Crippen LogP contribution in [0.2, 0.25) is 0 Å². The Morgan fingerprint density at radius 3 is 0.579 bits per heavy atom. The molecule has 0 aliphatic rings. The number of rotatable bonds is 33. The zero-order valence-corrected chi connectivity index (χ0v) is 28.8. The minimum atomic E-state index is 0. The van der Waals surface area contributed by atoms with Crippen LogP contribution in [0.5, 0.6) is 0 Å². The second-order valence-corrected chi connectivity index (χ2v) is 12.9. The first-order chi connectivity index (χ1) is 18.3. The zero-order valence-electron chi connectivity index (χ0n) is 27.2. The van der Waals surface area contributed by atoms with Crippen molar-refractivity contribution in [2.75, 3.05) is 20.6 Å². The van der Waals surface area contributed by atoms with Crippen molar-refractivity contribution in [3.63, 3.8) is 0 Å². The van der Waals surface area contributed by atoms with E-state index < -0.39 is 0 Å². The lowest BCUT2D eigenvalue weighted by Crippen LogP contribution is -3.05. The van der Waals surface area contributed by atoms with Gasteiger partial charge in [-0.3, -0.25) is 0 Å². The van der Waals surface area contributed by atoms with E-state index in [1.807, 2.05) is 0 Å². The maximum absolute atomic E-state index is 2.31. The van der Waals surface area contributed by atoms with Crippen LogP contribution < -0.4 is 21.9 Å². The molecule has 0 amide bonds. The fraction of sp³-hybridized carbons (Fsp3) is 1.00. The average Bonchev–Trinajstić information content (AvgIpc) is 2.89. The number of unbranched alkanes of at least 4 members (excludes halogenated alkanes) is 31. The number of hydrogen-bond acceptors (Lipinski definition) is 0. The third-order valence-corrected chi connectivity index (χ3v) is 8.53. The number of hydrogen-bond donors (Lipinski definition) is 1. The second-order valence-electron chi connectivity index (χ2n) is 12.9. The van der Waals surface area contributed by atoms with Gasteiger partial charge >= 0.3 is 0 Å². The Balaban J connectivity index is 0. The van der Waals surface area contributed by atoms with Crippen molar-refractivity contribution in [1.29, 1.82) is 0 Å². The van der Waals surface area contributed by atoms with Crippen molar-refractivity contribution in [2.45, 2.75) is 212 Å². The molecule has 0 saturated carbocycles. The van der Waals surface area contributed by atoms with Crippen molar-refractivity contribution in [2.24, 2.45) is 0 Å². The summed E-state index contributed by atoms with van der Waals surface area (Å²) in [6, 6.07) is 0. The first kappa shape index (κ1) is 40.6. The summed E-state index contributed by atoms with van der Waals surface area (Å²) >= 11 is 0. The first-order valence-corrected chi connectivity index (χ1v) is 18.1. The summed E-state index contributed by atoms with van der Waals surface area (Å²) < 4.78 is 0. The summed E-state index contributed by atoms with van der Waals surface area (Å²) in [5.41, 5.74) is 0. The van der Waals surface area contributed by atoms with Crippen molar-refractivity contribution >= 4 is 0 Å². The minimum Gasteiger partial charge on any atom is -1.00 e. The van der Waals surface area contributed by atoms with Gasteiger partial charge in [-0.15, -0.1) is 0 Å². The third kappa shape index (κ3) is 38.6. The van der Waals surface area contributed by atoms with Crippen LogP contribution in [0.15, 0.2) is 0 Å². The summed E-state index contributed by atoms with van der Waals surface area (Å²) in [5.74, 6) is 0. The Morgan fingerprint density at radius 1 is 0.263 bits per heavy atom. The molecule has 0 aliphatic heterocycles. The van der Waals surface area contributed by atoms with Gasteiger partial charge in [0.05, 0.1) is 20.6 Å². The van der Waals surface area contributed by atoms with Gasteiger partial charge < -0.3 is 21.9 Å². The smallest absolute Gasteiger partial charge is 0.0766 e. The molecule has 0 aromatic heterocycles. The highest BCUT2D eigenvalue weighted by Gasteiger charge is 1.98. The zero-order chi connectivity index (χ0) is 26.9. The monoisotopic (exact) mass is 602 g/mol. The fourth-order valence-electron chi connectivity index (χ4n) is 5.86. The summed E-state index contributed by atoms with van der Waals surface area (Å²) in [7, 11) is 4.53. The van der Waals surface area contributed by atoms with Gasteiger partial charge in [-0.1, -0.05) is 200 Å². The molecule has 0 rings (SSSR count). The Hall–Kier alpha value is 0.440. The van der Waals surface area contributed by atoms with Gasteiger partial charge in [0.1, 0.15) is 0 Å². The maximum Gasteiger partial charge on any atom is 0.0766 e. The molecule has 232 valence electrons. The van der Waals surface area contributed by atoms with Crippen LogP contribution in [-0.2, 0) is 0 Å². The summed E-state index contributed by atoms with van der Waals surface area (Å²) in [4.78, 5) is 1.60. The van der Waals surface area contributed by atoms with Crippen molar-refractivity contribution in [3.8, 4) is 0 Å². The van der Waals surface area contributed by atoms with Gasteiger partial charge in [-0.2, -0.15) is 0 Å². The molecule has 1 N–H and O–H groups in total. The SMILES string of the molecule is CCCCCCCCCCCCCCCCCCCCCCCCCCCCCCCCCC[NH+](C)C.[Br-]. The van der Waals surface area contributed by atoms with E-state index in [1.165, 1.54) is 212 Å². The lowest BCUT2D eigenvalue weighted by Gasteiger charge is -2.06. The predicted molar refractivity (Wildman–Crippen MR) is 171 cm³/mol. The molecule has 1 nitrogen and oxygen atoms in total. The van der Waals surface area contributed by atoms with Crippen LogP contribution in [0.3, 0.4) is 0 Å². The highest BCUT2D eigenvalue weighted by Crippen LogP contribution is 2.16. The number of quaternary nitrogens is 1. The minimum absolute atomic E-state index is 0. The summed E-state index contributed by atoms with van der Waals surface area (Å²) in [6.07, 6.45) is 47.4. The average molecular weight is 603 g/mol. The molecular formula is C36H76BrN. The van der Waals surface area contributed by atoms with E-state index in [4.69, 9.17) is 0 Å². The fourth-order valence-corrected chi connectivity index (χ4v) is 5.86. The number of halogens is 1. The Morgan fingerprint density at radius 2 is 0.421 bits per heavy atom. The van der Waals surface area contributed by atoms with Gasteiger partial charge in [0.2, 0.25) is 0 Å². The Bertz CT molecular complexity index is 384. The predicted octanol–water partition coefficient (Wildman–Crippen LogP) is 8.64. The van der Waals surface area contributed by atoms with Gasteiger partial charge in [-0.25, -0.2) is 0 Å². The lowest BCUT2D eigenvalue weighted by molar-refractivity contribution is -0.858. The van der Waals surface area contributed by atoms with E-state index in [0.29, 0.717) is 0 Å². The largest absolute Gasteiger partial charge is 1.00 e. The van der Waals surface area contributed by atoms with E-state index in [-0.39, 0.29) is 17.0 Å². The van der Waals surface area contributed by atoms with E-state index >= 15 is 0 Å². The van der Waals surface area contributed by atoms with Gasteiger partial charge in [0.25, 0.3) is 0 Å². The molecule has 38 heavy (non-hydrogen) atoms. The maximum atomic E-state index is 2.31. The summed E-state index contributed by atoms with van der Waals surface area (Å²) in [6.45, 7) is 3.66. The molecule has 2 heteroatoms. The lowest BCUT2D eigenvalue weighted by atomic mass is 10.0. The quantitative estimate of drug-likeness (QED) is 0.0718. The van der Waals surface area contributed by atoms with E-state index in [1.54, 1.807) is 4.90 Å². The first-order valence-electron chi connectivity index (χ1n) is 18.1. The van der Waals surface area contributed by atoms with E-state index in [0.717, 1.165) is 0 Å². The van der Waals surface area contributed by atoms with Gasteiger partial charge in [-0.05, 0) is 12.8 Å². The van der Waals surface area contributed by atoms with Crippen LogP contribution in [0.25, 0.3) is 0 Å². The highest BCUT2D eigenvalue weighted by molar-refractivity contribution is 4.52. The van der Waals surface area contributed by atoms with Crippen LogP contribution in [0.1, 0.15) is 212 Å². The van der Waals surface area contributed by atoms with Crippen LogP contribution >= 0.6 is 0 Å². The summed E-state index contributed by atoms with van der Waals surface area (Å²) in [5, 5.41) is 0. The molecule has 0 spiro atoms. The number of nitrogens with one attached hydrogen (secondary N) is 1. The molecule has 0 unspecified atom stereocenters. The van der Waals surface area contributed by atoms with Crippen LogP contribution in [0.4, 0.5) is 0 Å². The Labute approximate surface area is 254 Å². The molecular weight excluding hydrogens is 526 g/mol. The standard InChI is InChI=1S/C36H75N.BrH/c1-4-5-6-7-8-9-10-11-12-13-14-15-16-17-18-19-20-21-22-23-24-25-26-27-28-29-30-31-32-33-34-35-36-37(2)3;/h4-36H2,1-3H3;1H.